The fourth-order valence-electron chi connectivity index (χ4n) is 4.93. The van der Waals surface area contributed by atoms with E-state index >= 15 is 0 Å². The van der Waals surface area contributed by atoms with Crippen LogP contribution >= 0.6 is 54.5 Å². The van der Waals surface area contributed by atoms with Crippen LogP contribution in [0.2, 0.25) is 0 Å². The predicted molar refractivity (Wildman–Crippen MR) is 166 cm³/mol. The summed E-state index contributed by atoms with van der Waals surface area (Å²) in [6, 6.07) is 4.70. The lowest BCUT2D eigenvalue weighted by Crippen LogP contribution is -1.95. The number of hydrogen-bond acceptors (Lipinski definition) is 2. The van der Waals surface area contributed by atoms with Crippen LogP contribution in [0.1, 0.15) is 86.1 Å². The molecule has 4 heteroatoms. The van der Waals surface area contributed by atoms with E-state index in [1.807, 2.05) is 22.7 Å². The molecule has 0 nitrogen and oxygen atoms in total. The molecule has 2 heterocycles. The van der Waals surface area contributed by atoms with Gasteiger partial charge in [-0.1, -0.05) is 91.9 Å². The van der Waals surface area contributed by atoms with Crippen molar-refractivity contribution in [2.45, 2.75) is 82.9 Å². The summed E-state index contributed by atoms with van der Waals surface area (Å²) < 4.78 is 1.23. The highest BCUT2D eigenvalue weighted by Crippen LogP contribution is 2.42. The van der Waals surface area contributed by atoms with E-state index in [1.165, 1.54) is 98.3 Å². The van der Waals surface area contributed by atoms with E-state index in [0.717, 1.165) is 12.8 Å². The Labute approximate surface area is 236 Å². The highest BCUT2D eigenvalue weighted by atomic mass is 79.9. The summed E-state index contributed by atoms with van der Waals surface area (Å²) >= 11 is 11.3. The van der Waals surface area contributed by atoms with E-state index in [0.29, 0.717) is 4.83 Å². The van der Waals surface area contributed by atoms with E-state index < -0.39 is 0 Å². The summed E-state index contributed by atoms with van der Waals surface area (Å²) in [5.74, 6) is 0. The largest absolute Gasteiger partial charge is 0.144 e. The fraction of sp³-hybridized carbons (Fsp3) is 0.419. The molecule has 0 saturated carbocycles. The fourth-order valence-corrected chi connectivity index (χ4v) is 8.03. The van der Waals surface area contributed by atoms with Crippen molar-refractivity contribution in [2.75, 3.05) is 0 Å². The van der Waals surface area contributed by atoms with Gasteiger partial charge in [-0.25, -0.2) is 0 Å². The first-order valence-electron chi connectivity index (χ1n) is 13.0. The number of aryl methyl sites for hydroxylation is 2. The van der Waals surface area contributed by atoms with Crippen LogP contribution in [0, 0.1) is 0 Å². The highest BCUT2D eigenvalue weighted by Gasteiger charge is 2.21. The maximum absolute atomic E-state index is 3.78. The van der Waals surface area contributed by atoms with Gasteiger partial charge in [0.1, 0.15) is 0 Å². The molecule has 1 unspecified atom stereocenters. The van der Waals surface area contributed by atoms with Gasteiger partial charge >= 0.3 is 0 Å². The molecule has 2 bridgehead atoms. The van der Waals surface area contributed by atoms with Crippen molar-refractivity contribution in [3.63, 3.8) is 0 Å². The van der Waals surface area contributed by atoms with Gasteiger partial charge in [-0.2, -0.15) is 0 Å². The van der Waals surface area contributed by atoms with Crippen LogP contribution in [0.15, 0.2) is 68.9 Å². The number of hydrogen-bond donors (Lipinski definition) is 0. The molecule has 0 saturated heterocycles. The standard InChI is InChI=1S/C31H36Br2S2/c1-3-4-5-6-12-23-18-19-34-30(23)27-16-9-15-25-20-24(27)14-10-17-28(25)31-26(21-29(33)35-31)13-8-7-11-22(2)32/h9-10,14-19,21-22H,3-8,11-13,20H2,1-2H3. The number of thiophene rings is 2. The minimum atomic E-state index is 0.605. The molecule has 0 fully saturated rings. The lowest BCUT2D eigenvalue weighted by molar-refractivity contribution is 0.667. The highest BCUT2D eigenvalue weighted by molar-refractivity contribution is 9.11. The summed E-state index contributed by atoms with van der Waals surface area (Å²) in [7, 11) is 0. The topological polar surface area (TPSA) is 0 Å². The number of fused-ring (bicyclic) bond motifs is 2. The molecular formula is C31H36Br2S2. The zero-order valence-corrected chi connectivity index (χ0v) is 25.7. The van der Waals surface area contributed by atoms with Crippen LogP contribution in [0.3, 0.4) is 0 Å². The Bertz CT molecular complexity index is 1150. The van der Waals surface area contributed by atoms with Gasteiger partial charge in [-0.3, -0.25) is 0 Å². The van der Waals surface area contributed by atoms with E-state index in [1.54, 1.807) is 0 Å². The predicted octanol–water partition coefficient (Wildman–Crippen LogP) is 11.5. The maximum atomic E-state index is 3.78. The van der Waals surface area contributed by atoms with Gasteiger partial charge in [-0.15, -0.1) is 22.7 Å². The van der Waals surface area contributed by atoms with Crippen LogP contribution in [0.5, 0.6) is 0 Å². The van der Waals surface area contributed by atoms with Gasteiger partial charge in [0.05, 0.1) is 3.79 Å². The molecule has 35 heavy (non-hydrogen) atoms. The van der Waals surface area contributed by atoms with Crippen LogP contribution in [0.25, 0.3) is 11.1 Å². The summed E-state index contributed by atoms with van der Waals surface area (Å²) in [4.78, 5) is 3.51. The van der Waals surface area contributed by atoms with Gasteiger partial charge < -0.3 is 0 Å². The third-order valence-electron chi connectivity index (χ3n) is 6.81. The monoisotopic (exact) mass is 630 g/mol. The molecule has 1 atom stereocenters. The van der Waals surface area contributed by atoms with Gasteiger partial charge in [-0.05, 0) is 105 Å². The molecule has 186 valence electrons. The number of allylic oxidation sites excluding steroid dienone is 10. The molecule has 0 spiro atoms. The smallest absolute Gasteiger partial charge is 0.0707 e. The maximum Gasteiger partial charge on any atom is 0.0707 e. The molecule has 4 rings (SSSR count). The zero-order valence-electron chi connectivity index (χ0n) is 20.9. The van der Waals surface area contributed by atoms with Gasteiger partial charge in [0.15, 0.2) is 0 Å². The second kappa shape index (κ2) is 13.6. The van der Waals surface area contributed by atoms with E-state index in [4.69, 9.17) is 0 Å². The average Bonchev–Trinajstić information content (AvgIpc) is 3.31. The van der Waals surface area contributed by atoms with E-state index in [2.05, 4.69) is 99.7 Å². The number of unbranched alkanes of at least 4 members (excludes halogenated alkanes) is 4. The first kappa shape index (κ1) is 27.1. The summed E-state index contributed by atoms with van der Waals surface area (Å²) in [5, 5.41) is 2.28. The van der Waals surface area contributed by atoms with Crippen molar-refractivity contribution in [2.24, 2.45) is 0 Å². The van der Waals surface area contributed by atoms with Gasteiger partial charge in [0.2, 0.25) is 0 Å². The second-order valence-electron chi connectivity index (χ2n) is 9.62. The first-order valence-corrected chi connectivity index (χ1v) is 16.5. The van der Waals surface area contributed by atoms with Crippen molar-refractivity contribution < 1.29 is 0 Å². The SMILES string of the molecule is CCCCCCc1ccsc1C1=CC=CC2=C(c3sc(Br)cc3CCCCC(C)Br)C=CC=C1C2. The normalized spacial score (nSPS) is 16.2. The van der Waals surface area contributed by atoms with Crippen molar-refractivity contribution in [3.05, 3.63) is 89.8 Å². The van der Waals surface area contributed by atoms with Crippen molar-refractivity contribution in [3.8, 4) is 0 Å². The summed E-state index contributed by atoms with van der Waals surface area (Å²) in [6.45, 7) is 4.53. The molecule has 2 aromatic rings. The molecular weight excluding hydrogens is 596 g/mol. The third kappa shape index (κ3) is 7.31. The zero-order chi connectivity index (χ0) is 24.6. The number of halogens is 2. The molecule has 0 amide bonds. The minimum absolute atomic E-state index is 0.605. The van der Waals surface area contributed by atoms with Gasteiger partial charge in [0.25, 0.3) is 0 Å². The average molecular weight is 633 g/mol. The van der Waals surface area contributed by atoms with Crippen molar-refractivity contribution in [1.82, 2.24) is 0 Å². The first-order chi connectivity index (χ1) is 17.1. The van der Waals surface area contributed by atoms with Crippen molar-refractivity contribution >= 4 is 65.7 Å². The lowest BCUT2D eigenvalue weighted by atomic mass is 9.94. The van der Waals surface area contributed by atoms with Crippen LogP contribution in [-0.2, 0) is 12.8 Å². The van der Waals surface area contributed by atoms with E-state index in [-0.39, 0.29) is 0 Å². The van der Waals surface area contributed by atoms with E-state index in [9.17, 15) is 0 Å². The Kier molecular flexibility index (Phi) is 10.5. The molecule has 2 aliphatic carbocycles. The molecule has 0 aliphatic heterocycles. The third-order valence-corrected chi connectivity index (χ3v) is 9.97. The molecule has 0 aromatic carbocycles. The van der Waals surface area contributed by atoms with Crippen LogP contribution in [-0.4, -0.2) is 4.83 Å². The summed E-state index contributed by atoms with van der Waals surface area (Å²) in [5.41, 5.74) is 8.69. The second-order valence-corrected chi connectivity index (χ2v) is 14.5. The number of rotatable bonds is 12. The Morgan fingerprint density at radius 3 is 2.57 bits per heavy atom. The Morgan fingerprint density at radius 1 is 0.943 bits per heavy atom. The lowest BCUT2D eigenvalue weighted by Gasteiger charge is -2.13. The van der Waals surface area contributed by atoms with Crippen LogP contribution in [0.4, 0.5) is 0 Å². The van der Waals surface area contributed by atoms with Crippen LogP contribution < -0.4 is 0 Å². The van der Waals surface area contributed by atoms with Crippen molar-refractivity contribution in [1.29, 1.82) is 0 Å². The molecule has 0 radical (unpaired) electrons. The van der Waals surface area contributed by atoms with Gasteiger partial charge in [0, 0.05) is 14.6 Å². The minimum Gasteiger partial charge on any atom is -0.144 e. The molecule has 2 aromatic heterocycles. The molecule has 0 N–H and O–H groups in total. The number of alkyl halides is 1. The Hall–Kier alpha value is -0.940. The summed E-state index contributed by atoms with van der Waals surface area (Å²) in [6.07, 6.45) is 26.3. The Morgan fingerprint density at radius 2 is 1.74 bits per heavy atom. The molecule has 2 aliphatic rings. The quantitative estimate of drug-likeness (QED) is 0.161. The Balaban J connectivity index is 1.55.